The minimum absolute atomic E-state index is 0.832. The Morgan fingerprint density at radius 3 is 2.27 bits per heavy atom. The molecule has 2 saturated heterocycles. The van der Waals surface area contributed by atoms with Crippen LogP contribution in [0.25, 0.3) is 0 Å². The van der Waals surface area contributed by atoms with E-state index >= 15 is 0 Å². The standard InChI is InChI=1S/C8H15BrN2/c1-2-11-7-3-4-8(11)6-10(9)5-7/h7-8H,2-6H2,1H3. The Labute approximate surface area is 76.9 Å². The van der Waals surface area contributed by atoms with Crippen LogP contribution in [0.2, 0.25) is 0 Å². The molecule has 0 N–H and O–H groups in total. The summed E-state index contributed by atoms with van der Waals surface area (Å²) in [6.07, 6.45) is 2.81. The fourth-order valence-electron chi connectivity index (χ4n) is 2.46. The van der Waals surface area contributed by atoms with Crippen molar-refractivity contribution in [2.75, 3.05) is 19.6 Å². The molecule has 0 amide bonds. The van der Waals surface area contributed by atoms with Gasteiger partial charge in [0, 0.05) is 41.3 Å². The van der Waals surface area contributed by atoms with Crippen LogP contribution in [-0.2, 0) is 0 Å². The van der Waals surface area contributed by atoms with Crippen LogP contribution in [0.4, 0.5) is 0 Å². The molecule has 0 aromatic carbocycles. The molecule has 2 heterocycles. The van der Waals surface area contributed by atoms with Gasteiger partial charge in [0.15, 0.2) is 0 Å². The highest BCUT2D eigenvalue weighted by molar-refractivity contribution is 9.07. The van der Waals surface area contributed by atoms with E-state index in [9.17, 15) is 0 Å². The first-order valence-corrected chi connectivity index (χ1v) is 5.18. The molecule has 0 radical (unpaired) electrons. The Balaban J connectivity index is 2.06. The number of nitrogens with zero attached hydrogens (tertiary/aromatic N) is 2. The maximum absolute atomic E-state index is 3.57. The zero-order valence-electron chi connectivity index (χ0n) is 6.96. The first-order valence-electron chi connectivity index (χ1n) is 4.47. The molecule has 0 aliphatic carbocycles. The van der Waals surface area contributed by atoms with Gasteiger partial charge in [0.1, 0.15) is 0 Å². The number of fused-ring (bicyclic) bond motifs is 2. The molecule has 11 heavy (non-hydrogen) atoms. The van der Waals surface area contributed by atoms with E-state index in [1.165, 1.54) is 32.5 Å². The Morgan fingerprint density at radius 2 is 1.82 bits per heavy atom. The molecule has 2 aliphatic heterocycles. The van der Waals surface area contributed by atoms with Crippen molar-refractivity contribution in [3.63, 3.8) is 0 Å². The van der Waals surface area contributed by atoms with Crippen molar-refractivity contribution in [3.8, 4) is 0 Å². The Hall–Kier alpha value is 0.400. The minimum Gasteiger partial charge on any atom is -0.295 e. The molecule has 2 fully saturated rings. The van der Waals surface area contributed by atoms with Crippen LogP contribution < -0.4 is 0 Å². The number of hydrogen-bond donors (Lipinski definition) is 0. The van der Waals surface area contributed by atoms with Gasteiger partial charge in [-0.25, -0.2) is 3.93 Å². The maximum atomic E-state index is 3.57. The van der Waals surface area contributed by atoms with Crippen molar-refractivity contribution < 1.29 is 0 Å². The summed E-state index contributed by atoms with van der Waals surface area (Å²) in [7, 11) is 0. The van der Waals surface area contributed by atoms with E-state index in [0.29, 0.717) is 0 Å². The van der Waals surface area contributed by atoms with E-state index in [1.807, 2.05) is 0 Å². The lowest BCUT2D eigenvalue weighted by Gasteiger charge is -2.37. The topological polar surface area (TPSA) is 6.48 Å². The highest BCUT2D eigenvalue weighted by atomic mass is 79.9. The third-order valence-corrected chi connectivity index (χ3v) is 3.53. The van der Waals surface area contributed by atoms with E-state index in [0.717, 1.165) is 12.1 Å². The summed E-state index contributed by atoms with van der Waals surface area (Å²) in [5.74, 6) is 0. The van der Waals surface area contributed by atoms with Gasteiger partial charge < -0.3 is 0 Å². The summed E-state index contributed by atoms with van der Waals surface area (Å²) in [4.78, 5) is 2.65. The van der Waals surface area contributed by atoms with Gasteiger partial charge in [-0.2, -0.15) is 0 Å². The summed E-state index contributed by atoms with van der Waals surface area (Å²) >= 11 is 3.57. The summed E-state index contributed by atoms with van der Waals surface area (Å²) in [6, 6.07) is 1.66. The summed E-state index contributed by atoms with van der Waals surface area (Å²) in [5, 5.41) is 0. The highest BCUT2D eigenvalue weighted by Gasteiger charge is 2.37. The van der Waals surface area contributed by atoms with Gasteiger partial charge >= 0.3 is 0 Å². The van der Waals surface area contributed by atoms with Crippen molar-refractivity contribution in [3.05, 3.63) is 0 Å². The van der Waals surface area contributed by atoms with Crippen LogP contribution in [0.1, 0.15) is 19.8 Å². The van der Waals surface area contributed by atoms with Gasteiger partial charge in [0.05, 0.1) is 0 Å². The Morgan fingerprint density at radius 1 is 1.27 bits per heavy atom. The number of hydrogen-bond acceptors (Lipinski definition) is 2. The van der Waals surface area contributed by atoms with Crippen LogP contribution >= 0.6 is 16.1 Å². The van der Waals surface area contributed by atoms with Crippen molar-refractivity contribution >= 4 is 16.1 Å². The maximum Gasteiger partial charge on any atom is 0.0250 e. The van der Waals surface area contributed by atoms with Gasteiger partial charge in [-0.3, -0.25) is 4.90 Å². The van der Waals surface area contributed by atoms with E-state index < -0.39 is 0 Å². The zero-order valence-corrected chi connectivity index (χ0v) is 8.55. The van der Waals surface area contributed by atoms with Crippen LogP contribution in [-0.4, -0.2) is 40.5 Å². The van der Waals surface area contributed by atoms with Crippen LogP contribution in [0.3, 0.4) is 0 Å². The van der Waals surface area contributed by atoms with E-state index in [-0.39, 0.29) is 0 Å². The SMILES string of the molecule is CCN1C2CCC1CN(Br)C2. The quantitative estimate of drug-likeness (QED) is 0.616. The van der Waals surface area contributed by atoms with Crippen molar-refractivity contribution in [2.24, 2.45) is 0 Å². The molecular formula is C8H15BrN2. The predicted octanol–water partition coefficient (Wildman–Crippen LogP) is 1.46. The third-order valence-electron chi connectivity index (χ3n) is 2.95. The van der Waals surface area contributed by atoms with Gasteiger partial charge in [-0.15, -0.1) is 0 Å². The van der Waals surface area contributed by atoms with E-state index in [4.69, 9.17) is 0 Å². The average Bonchev–Trinajstić information content (AvgIpc) is 2.23. The Bertz CT molecular complexity index is 137. The number of likely N-dealkylation sites (N-methyl/N-ethyl adjacent to an activating group) is 1. The number of piperazine rings is 1. The van der Waals surface area contributed by atoms with Gasteiger partial charge in [-0.1, -0.05) is 6.92 Å². The summed E-state index contributed by atoms with van der Waals surface area (Å²) in [6.45, 7) is 5.93. The van der Waals surface area contributed by atoms with E-state index in [1.54, 1.807) is 0 Å². The van der Waals surface area contributed by atoms with Crippen LogP contribution in [0.15, 0.2) is 0 Å². The molecule has 2 atom stereocenters. The molecular weight excluding hydrogens is 204 g/mol. The number of halogens is 1. The highest BCUT2D eigenvalue weighted by Crippen LogP contribution is 2.30. The molecule has 0 aromatic heterocycles. The lowest BCUT2D eigenvalue weighted by Crippen LogP contribution is -2.50. The normalized spacial score (nSPS) is 39.8. The molecule has 3 heteroatoms. The predicted molar refractivity (Wildman–Crippen MR) is 49.7 cm³/mol. The van der Waals surface area contributed by atoms with Gasteiger partial charge in [0.25, 0.3) is 0 Å². The fourth-order valence-corrected chi connectivity index (χ4v) is 3.12. The van der Waals surface area contributed by atoms with Gasteiger partial charge in [0.2, 0.25) is 0 Å². The molecule has 0 aromatic rings. The smallest absolute Gasteiger partial charge is 0.0250 e. The fraction of sp³-hybridized carbons (Fsp3) is 1.00. The minimum atomic E-state index is 0.832. The van der Waals surface area contributed by atoms with Crippen molar-refractivity contribution in [1.29, 1.82) is 0 Å². The second-order valence-corrected chi connectivity index (χ2v) is 4.55. The Kier molecular flexibility index (Phi) is 2.21. The molecule has 0 saturated carbocycles. The molecule has 64 valence electrons. The second-order valence-electron chi connectivity index (χ2n) is 3.54. The molecule has 2 unspecified atom stereocenters. The largest absolute Gasteiger partial charge is 0.295 e. The van der Waals surface area contributed by atoms with Crippen LogP contribution in [0, 0.1) is 0 Å². The lowest BCUT2D eigenvalue weighted by molar-refractivity contribution is 0.126. The molecule has 2 bridgehead atoms. The average molecular weight is 219 g/mol. The van der Waals surface area contributed by atoms with Crippen molar-refractivity contribution in [2.45, 2.75) is 31.8 Å². The first-order chi connectivity index (χ1) is 5.31. The van der Waals surface area contributed by atoms with Crippen molar-refractivity contribution in [1.82, 2.24) is 8.83 Å². The van der Waals surface area contributed by atoms with Gasteiger partial charge in [-0.05, 0) is 19.4 Å². The van der Waals surface area contributed by atoms with Crippen LogP contribution in [0.5, 0.6) is 0 Å². The lowest BCUT2D eigenvalue weighted by atomic mass is 10.2. The third kappa shape index (κ3) is 1.34. The first kappa shape index (κ1) is 8.02. The van der Waals surface area contributed by atoms with E-state index in [2.05, 4.69) is 31.9 Å². The molecule has 2 rings (SSSR count). The molecule has 2 aliphatic rings. The molecule has 2 nitrogen and oxygen atoms in total. The second kappa shape index (κ2) is 3.04. The summed E-state index contributed by atoms with van der Waals surface area (Å²) in [5.41, 5.74) is 0. The summed E-state index contributed by atoms with van der Waals surface area (Å²) < 4.78 is 2.29. The monoisotopic (exact) mass is 218 g/mol. The number of rotatable bonds is 1. The zero-order chi connectivity index (χ0) is 7.84. The molecule has 0 spiro atoms.